The van der Waals surface area contributed by atoms with Crippen molar-refractivity contribution in [3.63, 3.8) is 0 Å². The van der Waals surface area contributed by atoms with Gasteiger partial charge in [0, 0.05) is 16.2 Å². The van der Waals surface area contributed by atoms with Crippen LogP contribution in [-0.4, -0.2) is 23.8 Å². The molecule has 0 aliphatic carbocycles. The van der Waals surface area contributed by atoms with Crippen LogP contribution in [0.1, 0.15) is 21.5 Å². The standard InChI is InChI=1S/C21H18BrN3O3/c1-28-19-10-9-17(22)12-16(19)13-23-24-20(26)18-8-5-11-25(21(18)27)14-15-6-3-2-4-7-15/h2-13H,14H2,1H3,(H,24,26)/b23-13-. The normalized spacial score (nSPS) is 10.8. The number of benzene rings is 2. The maximum Gasteiger partial charge on any atom is 0.276 e. The van der Waals surface area contributed by atoms with Gasteiger partial charge < -0.3 is 9.30 Å². The molecule has 0 atom stereocenters. The van der Waals surface area contributed by atoms with E-state index >= 15 is 0 Å². The summed E-state index contributed by atoms with van der Waals surface area (Å²) in [5.74, 6) is 0.0451. The van der Waals surface area contributed by atoms with Gasteiger partial charge in [-0.1, -0.05) is 46.3 Å². The maximum absolute atomic E-state index is 12.6. The van der Waals surface area contributed by atoms with Gasteiger partial charge >= 0.3 is 0 Å². The highest BCUT2D eigenvalue weighted by Crippen LogP contribution is 2.21. The SMILES string of the molecule is COc1ccc(Br)cc1/C=N\NC(=O)c1cccn(Cc2ccccc2)c1=O. The molecule has 0 fully saturated rings. The zero-order chi connectivity index (χ0) is 19.9. The molecule has 0 aliphatic heterocycles. The Balaban J connectivity index is 1.75. The fourth-order valence-electron chi connectivity index (χ4n) is 2.64. The van der Waals surface area contributed by atoms with E-state index in [-0.39, 0.29) is 11.1 Å². The first kappa shape index (κ1) is 19.6. The van der Waals surface area contributed by atoms with E-state index < -0.39 is 5.91 Å². The summed E-state index contributed by atoms with van der Waals surface area (Å²) in [6, 6.07) is 18.2. The number of rotatable bonds is 6. The number of nitrogens with one attached hydrogen (secondary N) is 1. The molecule has 6 nitrogen and oxygen atoms in total. The number of ether oxygens (including phenoxy) is 1. The average molecular weight is 440 g/mol. The molecule has 1 aromatic heterocycles. The van der Waals surface area contributed by atoms with Gasteiger partial charge in [0.1, 0.15) is 11.3 Å². The Morgan fingerprint density at radius 2 is 1.96 bits per heavy atom. The van der Waals surface area contributed by atoms with Crippen molar-refractivity contribution in [3.8, 4) is 5.75 Å². The van der Waals surface area contributed by atoms with Gasteiger partial charge in [-0.2, -0.15) is 5.10 Å². The molecule has 0 aliphatic rings. The quantitative estimate of drug-likeness (QED) is 0.472. The Hall–Kier alpha value is -3.19. The summed E-state index contributed by atoms with van der Waals surface area (Å²) >= 11 is 3.38. The smallest absolute Gasteiger partial charge is 0.276 e. The molecule has 28 heavy (non-hydrogen) atoms. The van der Waals surface area contributed by atoms with Crippen molar-refractivity contribution in [1.29, 1.82) is 0 Å². The predicted octanol–water partition coefficient (Wildman–Crippen LogP) is 3.43. The Kier molecular flexibility index (Phi) is 6.39. The minimum atomic E-state index is -0.572. The van der Waals surface area contributed by atoms with Crippen LogP contribution in [0.15, 0.2) is 81.2 Å². The lowest BCUT2D eigenvalue weighted by Gasteiger charge is -2.08. The van der Waals surface area contributed by atoms with E-state index in [0.717, 1.165) is 10.0 Å². The van der Waals surface area contributed by atoms with Crippen molar-refractivity contribution in [2.45, 2.75) is 6.54 Å². The molecule has 0 saturated carbocycles. The Morgan fingerprint density at radius 1 is 1.18 bits per heavy atom. The second-order valence-electron chi connectivity index (χ2n) is 5.93. The Bertz CT molecular complexity index is 1060. The molecule has 0 spiro atoms. The van der Waals surface area contributed by atoms with Gasteiger partial charge in [0.2, 0.25) is 0 Å². The van der Waals surface area contributed by atoms with E-state index in [1.54, 1.807) is 25.4 Å². The first-order valence-electron chi connectivity index (χ1n) is 8.49. The summed E-state index contributed by atoms with van der Waals surface area (Å²) in [6.45, 7) is 0.388. The number of hydrogen-bond donors (Lipinski definition) is 1. The fourth-order valence-corrected chi connectivity index (χ4v) is 3.02. The van der Waals surface area contributed by atoms with Crippen LogP contribution in [0.2, 0.25) is 0 Å². The van der Waals surface area contributed by atoms with Crippen LogP contribution < -0.4 is 15.7 Å². The molecule has 0 unspecified atom stereocenters. The number of pyridine rings is 1. The molecule has 142 valence electrons. The molecule has 0 bridgehead atoms. The molecule has 0 radical (unpaired) electrons. The van der Waals surface area contributed by atoms with E-state index in [0.29, 0.717) is 17.9 Å². The fraction of sp³-hybridized carbons (Fsp3) is 0.0952. The number of carbonyl (C=O) groups is 1. The van der Waals surface area contributed by atoms with Gasteiger partial charge in [0.25, 0.3) is 11.5 Å². The van der Waals surface area contributed by atoms with E-state index in [9.17, 15) is 9.59 Å². The average Bonchev–Trinajstić information content (AvgIpc) is 2.70. The molecular formula is C21H18BrN3O3. The second-order valence-corrected chi connectivity index (χ2v) is 6.84. The third kappa shape index (κ3) is 4.75. The van der Waals surface area contributed by atoms with Gasteiger partial charge in [0.05, 0.1) is 19.9 Å². The number of hydrazone groups is 1. The predicted molar refractivity (Wildman–Crippen MR) is 112 cm³/mol. The number of aromatic nitrogens is 1. The van der Waals surface area contributed by atoms with Gasteiger partial charge in [-0.15, -0.1) is 0 Å². The molecule has 3 rings (SSSR count). The van der Waals surface area contributed by atoms with E-state index in [1.165, 1.54) is 16.8 Å². The molecule has 7 heteroatoms. The van der Waals surface area contributed by atoms with Gasteiger partial charge in [0.15, 0.2) is 0 Å². The minimum Gasteiger partial charge on any atom is -0.496 e. The first-order chi connectivity index (χ1) is 13.6. The molecule has 1 amide bonds. The van der Waals surface area contributed by atoms with Crippen molar-refractivity contribution in [2.75, 3.05) is 7.11 Å². The monoisotopic (exact) mass is 439 g/mol. The molecule has 1 N–H and O–H groups in total. The van der Waals surface area contributed by atoms with Crippen molar-refractivity contribution >= 4 is 28.1 Å². The van der Waals surface area contributed by atoms with Gasteiger partial charge in [-0.3, -0.25) is 9.59 Å². The van der Waals surface area contributed by atoms with Crippen molar-refractivity contribution < 1.29 is 9.53 Å². The maximum atomic E-state index is 12.6. The summed E-state index contributed by atoms with van der Waals surface area (Å²) in [5.41, 5.74) is 3.71. The minimum absolute atomic E-state index is 0.0248. The lowest BCUT2D eigenvalue weighted by Crippen LogP contribution is -2.30. The van der Waals surface area contributed by atoms with Gasteiger partial charge in [-0.05, 0) is 35.9 Å². The van der Waals surface area contributed by atoms with Crippen LogP contribution in [0.25, 0.3) is 0 Å². The third-order valence-electron chi connectivity index (χ3n) is 4.02. The lowest BCUT2D eigenvalue weighted by molar-refractivity contribution is 0.0953. The van der Waals surface area contributed by atoms with Crippen LogP contribution in [-0.2, 0) is 6.54 Å². The van der Waals surface area contributed by atoms with E-state index in [4.69, 9.17) is 4.74 Å². The Labute approximate surface area is 170 Å². The van der Waals surface area contributed by atoms with E-state index in [1.807, 2.05) is 42.5 Å². The number of methoxy groups -OCH3 is 1. The lowest BCUT2D eigenvalue weighted by atomic mass is 10.2. The number of hydrogen-bond acceptors (Lipinski definition) is 4. The zero-order valence-electron chi connectivity index (χ0n) is 15.1. The Morgan fingerprint density at radius 3 is 2.71 bits per heavy atom. The molecule has 2 aromatic carbocycles. The largest absolute Gasteiger partial charge is 0.496 e. The number of carbonyl (C=O) groups excluding carboxylic acids is 1. The zero-order valence-corrected chi connectivity index (χ0v) is 16.7. The molecule has 3 aromatic rings. The van der Waals surface area contributed by atoms with Crippen LogP contribution in [0.5, 0.6) is 5.75 Å². The van der Waals surface area contributed by atoms with E-state index in [2.05, 4.69) is 26.5 Å². The summed E-state index contributed by atoms with van der Waals surface area (Å²) in [4.78, 5) is 25.0. The molecule has 0 saturated heterocycles. The first-order valence-corrected chi connectivity index (χ1v) is 9.28. The number of amides is 1. The highest BCUT2D eigenvalue weighted by atomic mass is 79.9. The topological polar surface area (TPSA) is 72.7 Å². The second kappa shape index (κ2) is 9.14. The summed E-state index contributed by atoms with van der Waals surface area (Å²) in [7, 11) is 1.55. The van der Waals surface area contributed by atoms with Crippen molar-refractivity contribution in [3.05, 3.63) is 98.4 Å². The van der Waals surface area contributed by atoms with Gasteiger partial charge in [-0.25, -0.2) is 5.43 Å². The summed E-state index contributed by atoms with van der Waals surface area (Å²) in [6.07, 6.45) is 3.12. The highest BCUT2D eigenvalue weighted by molar-refractivity contribution is 9.10. The van der Waals surface area contributed by atoms with Crippen molar-refractivity contribution in [1.82, 2.24) is 9.99 Å². The number of halogens is 1. The third-order valence-corrected chi connectivity index (χ3v) is 4.52. The van der Waals surface area contributed by atoms with Crippen molar-refractivity contribution in [2.24, 2.45) is 5.10 Å². The van der Waals surface area contributed by atoms with Crippen LogP contribution in [0.3, 0.4) is 0 Å². The highest BCUT2D eigenvalue weighted by Gasteiger charge is 2.11. The molecule has 1 heterocycles. The van der Waals surface area contributed by atoms with Crippen LogP contribution >= 0.6 is 15.9 Å². The molecular weight excluding hydrogens is 422 g/mol. The summed E-state index contributed by atoms with van der Waals surface area (Å²) in [5, 5.41) is 3.95. The van der Waals surface area contributed by atoms with Crippen LogP contribution in [0, 0.1) is 0 Å². The summed E-state index contributed by atoms with van der Waals surface area (Å²) < 4.78 is 7.60. The number of nitrogens with zero attached hydrogens (tertiary/aromatic N) is 2. The van der Waals surface area contributed by atoms with Crippen LogP contribution in [0.4, 0.5) is 0 Å².